The Hall–Kier alpha value is -1.13. The summed E-state index contributed by atoms with van der Waals surface area (Å²) < 4.78 is 0. The lowest BCUT2D eigenvalue weighted by molar-refractivity contribution is 0.327. The Morgan fingerprint density at radius 1 is 1.53 bits per heavy atom. The summed E-state index contributed by atoms with van der Waals surface area (Å²) in [5, 5.41) is 3.08. The van der Waals surface area contributed by atoms with E-state index in [1.807, 2.05) is 21.0 Å². The zero-order valence-corrected chi connectivity index (χ0v) is 9.63. The number of H-pyrrole nitrogens is 1. The highest BCUT2D eigenvalue weighted by molar-refractivity contribution is 5.13. The van der Waals surface area contributed by atoms with Gasteiger partial charge < -0.3 is 15.2 Å². The first-order chi connectivity index (χ1) is 7.13. The number of hydrogen-bond acceptors (Lipinski definition) is 3. The van der Waals surface area contributed by atoms with Gasteiger partial charge >= 0.3 is 0 Å². The average molecular weight is 209 g/mol. The van der Waals surface area contributed by atoms with Gasteiger partial charge in [0, 0.05) is 43.2 Å². The van der Waals surface area contributed by atoms with Gasteiger partial charge in [-0.25, -0.2) is 0 Å². The molecule has 0 aromatic carbocycles. The first-order valence-corrected chi connectivity index (χ1v) is 5.15. The van der Waals surface area contributed by atoms with Gasteiger partial charge in [0.1, 0.15) is 0 Å². The van der Waals surface area contributed by atoms with Crippen molar-refractivity contribution < 1.29 is 0 Å². The fraction of sp³-hybridized carbons (Fsp3) is 0.545. The molecule has 0 bridgehead atoms. The fourth-order valence-electron chi connectivity index (χ4n) is 1.40. The zero-order chi connectivity index (χ0) is 11.3. The van der Waals surface area contributed by atoms with E-state index >= 15 is 0 Å². The molecule has 84 valence electrons. The van der Waals surface area contributed by atoms with Gasteiger partial charge in [0.15, 0.2) is 5.43 Å². The van der Waals surface area contributed by atoms with Gasteiger partial charge in [0.25, 0.3) is 0 Å². The Morgan fingerprint density at radius 2 is 2.27 bits per heavy atom. The Balaban J connectivity index is 2.60. The molecule has 0 spiro atoms. The molecule has 0 saturated heterocycles. The minimum absolute atomic E-state index is 0.113. The highest BCUT2D eigenvalue weighted by atomic mass is 16.1. The van der Waals surface area contributed by atoms with Crippen LogP contribution in [-0.4, -0.2) is 37.1 Å². The van der Waals surface area contributed by atoms with Crippen molar-refractivity contribution >= 4 is 0 Å². The molecule has 0 fully saturated rings. The zero-order valence-electron chi connectivity index (χ0n) is 9.63. The SMILES string of the molecule is CNCCN(C)Cc1c[nH]c(C)cc1=O. The highest BCUT2D eigenvalue weighted by Crippen LogP contribution is 1.96. The Kier molecular flexibility index (Phi) is 4.52. The van der Waals surface area contributed by atoms with Crippen LogP contribution >= 0.6 is 0 Å². The number of rotatable bonds is 5. The normalized spacial score (nSPS) is 10.9. The van der Waals surface area contributed by atoms with E-state index < -0.39 is 0 Å². The number of nitrogens with one attached hydrogen (secondary N) is 2. The quantitative estimate of drug-likeness (QED) is 0.735. The van der Waals surface area contributed by atoms with Crippen LogP contribution < -0.4 is 10.7 Å². The topological polar surface area (TPSA) is 48.1 Å². The van der Waals surface area contributed by atoms with Crippen molar-refractivity contribution in [1.82, 2.24) is 15.2 Å². The predicted octanol–water partition coefficient (Wildman–Crippen LogP) is 0.335. The molecule has 0 atom stereocenters. The van der Waals surface area contributed by atoms with Crippen molar-refractivity contribution in [2.45, 2.75) is 13.5 Å². The number of aromatic nitrogens is 1. The maximum absolute atomic E-state index is 11.6. The number of hydrogen-bond donors (Lipinski definition) is 2. The lowest BCUT2D eigenvalue weighted by Crippen LogP contribution is -2.29. The molecule has 0 amide bonds. The van der Waals surface area contributed by atoms with Gasteiger partial charge in [-0.1, -0.05) is 0 Å². The minimum atomic E-state index is 0.113. The third kappa shape index (κ3) is 3.85. The van der Waals surface area contributed by atoms with Crippen molar-refractivity contribution in [3.8, 4) is 0 Å². The van der Waals surface area contributed by atoms with Gasteiger partial charge in [-0.2, -0.15) is 0 Å². The van der Waals surface area contributed by atoms with Gasteiger partial charge in [0.05, 0.1) is 0 Å². The first kappa shape index (κ1) is 11.9. The second-order valence-electron chi connectivity index (χ2n) is 3.85. The number of pyridine rings is 1. The standard InChI is InChI=1S/C11H19N3O/c1-9-6-11(15)10(7-13-9)8-14(3)5-4-12-2/h6-7,12H,4-5,8H2,1-3H3,(H,13,15). The molecular formula is C11H19N3O. The van der Waals surface area contributed by atoms with E-state index in [0.29, 0.717) is 6.54 Å². The summed E-state index contributed by atoms with van der Waals surface area (Å²) in [6.07, 6.45) is 1.80. The van der Waals surface area contributed by atoms with E-state index in [2.05, 4.69) is 15.2 Å². The summed E-state index contributed by atoms with van der Waals surface area (Å²) in [7, 11) is 3.93. The largest absolute Gasteiger partial charge is 0.365 e. The van der Waals surface area contributed by atoms with E-state index in [1.165, 1.54) is 0 Å². The number of nitrogens with zero attached hydrogens (tertiary/aromatic N) is 1. The molecule has 1 aromatic heterocycles. The maximum atomic E-state index is 11.6. The van der Waals surface area contributed by atoms with Gasteiger partial charge in [-0.15, -0.1) is 0 Å². The molecule has 0 aliphatic carbocycles. The molecule has 0 aliphatic rings. The van der Waals surface area contributed by atoms with Crippen LogP contribution in [0.3, 0.4) is 0 Å². The molecule has 4 nitrogen and oxygen atoms in total. The first-order valence-electron chi connectivity index (χ1n) is 5.15. The number of aryl methyl sites for hydroxylation is 1. The van der Waals surface area contributed by atoms with E-state index in [-0.39, 0.29) is 5.43 Å². The lowest BCUT2D eigenvalue weighted by Gasteiger charge is -2.15. The van der Waals surface area contributed by atoms with Crippen LogP contribution in [0.25, 0.3) is 0 Å². The molecule has 0 radical (unpaired) electrons. The maximum Gasteiger partial charge on any atom is 0.186 e. The summed E-state index contributed by atoms with van der Waals surface area (Å²) in [6.45, 7) is 4.44. The van der Waals surface area contributed by atoms with E-state index in [4.69, 9.17) is 0 Å². The molecular weight excluding hydrogens is 190 g/mol. The minimum Gasteiger partial charge on any atom is -0.365 e. The monoisotopic (exact) mass is 209 g/mol. The van der Waals surface area contributed by atoms with E-state index in [0.717, 1.165) is 24.3 Å². The Bertz CT molecular complexity index is 359. The average Bonchev–Trinajstić information content (AvgIpc) is 2.19. The molecule has 2 N–H and O–H groups in total. The number of likely N-dealkylation sites (N-methyl/N-ethyl adjacent to an activating group) is 2. The predicted molar refractivity (Wildman–Crippen MR) is 62.1 cm³/mol. The van der Waals surface area contributed by atoms with Crippen LogP contribution in [-0.2, 0) is 6.54 Å². The Labute approximate surface area is 90.3 Å². The summed E-state index contributed by atoms with van der Waals surface area (Å²) in [5.74, 6) is 0. The van der Waals surface area contributed by atoms with Crippen molar-refractivity contribution in [1.29, 1.82) is 0 Å². The summed E-state index contributed by atoms with van der Waals surface area (Å²) in [6, 6.07) is 1.64. The van der Waals surface area contributed by atoms with Gasteiger partial charge in [0.2, 0.25) is 0 Å². The van der Waals surface area contributed by atoms with E-state index in [9.17, 15) is 4.79 Å². The molecule has 1 rings (SSSR count). The smallest absolute Gasteiger partial charge is 0.186 e. The third-order valence-corrected chi connectivity index (χ3v) is 2.32. The van der Waals surface area contributed by atoms with Gasteiger partial charge in [-0.3, -0.25) is 4.79 Å². The Morgan fingerprint density at radius 3 is 2.87 bits per heavy atom. The second-order valence-corrected chi connectivity index (χ2v) is 3.85. The molecule has 1 aromatic rings. The van der Waals surface area contributed by atoms with Crippen molar-refractivity contribution in [3.05, 3.63) is 33.7 Å². The third-order valence-electron chi connectivity index (χ3n) is 2.32. The molecule has 0 aliphatic heterocycles. The molecule has 0 saturated carbocycles. The molecule has 1 heterocycles. The summed E-state index contributed by atoms with van der Waals surface area (Å²) in [5.41, 5.74) is 1.84. The highest BCUT2D eigenvalue weighted by Gasteiger charge is 2.03. The van der Waals surface area contributed by atoms with Crippen LogP contribution in [0.4, 0.5) is 0 Å². The van der Waals surface area contributed by atoms with Crippen LogP contribution in [0.2, 0.25) is 0 Å². The van der Waals surface area contributed by atoms with Crippen LogP contribution in [0.15, 0.2) is 17.1 Å². The van der Waals surface area contributed by atoms with Gasteiger partial charge in [-0.05, 0) is 21.0 Å². The van der Waals surface area contributed by atoms with Crippen molar-refractivity contribution in [2.24, 2.45) is 0 Å². The van der Waals surface area contributed by atoms with Crippen molar-refractivity contribution in [3.63, 3.8) is 0 Å². The van der Waals surface area contributed by atoms with Crippen LogP contribution in [0, 0.1) is 6.92 Å². The van der Waals surface area contributed by atoms with Crippen LogP contribution in [0.5, 0.6) is 0 Å². The lowest BCUT2D eigenvalue weighted by atomic mass is 10.2. The molecule has 4 heteroatoms. The van der Waals surface area contributed by atoms with Crippen molar-refractivity contribution in [2.75, 3.05) is 27.2 Å². The second kappa shape index (κ2) is 5.68. The molecule has 0 unspecified atom stereocenters. The summed E-state index contributed by atoms with van der Waals surface area (Å²) in [4.78, 5) is 16.8. The fourth-order valence-corrected chi connectivity index (χ4v) is 1.40. The van der Waals surface area contributed by atoms with E-state index in [1.54, 1.807) is 12.3 Å². The molecule has 15 heavy (non-hydrogen) atoms. The number of aromatic amines is 1. The van der Waals surface area contributed by atoms with Crippen LogP contribution in [0.1, 0.15) is 11.3 Å². The summed E-state index contributed by atoms with van der Waals surface area (Å²) >= 11 is 0.